The first-order valence-electron chi connectivity index (χ1n) is 39.7. The number of carbonyl (C=O) groups is 4. The summed E-state index contributed by atoms with van der Waals surface area (Å²) in [6.07, 6.45) is 57.9. The van der Waals surface area contributed by atoms with Crippen LogP contribution >= 0.6 is 15.6 Å². The van der Waals surface area contributed by atoms with Gasteiger partial charge in [0.05, 0.1) is 26.4 Å². The Labute approximate surface area is 592 Å². The molecule has 0 radical (unpaired) electrons. The Bertz CT molecular complexity index is 1980. The molecule has 0 fully saturated rings. The molecule has 0 aromatic heterocycles. The van der Waals surface area contributed by atoms with Crippen LogP contribution in [-0.4, -0.2) is 96.7 Å². The maximum atomic E-state index is 13.1. The third-order valence-corrected chi connectivity index (χ3v) is 19.4. The molecule has 0 rings (SSSR count). The molecule has 5 atom stereocenters. The van der Waals surface area contributed by atoms with Crippen molar-refractivity contribution >= 4 is 39.5 Å². The number of unbranched alkanes of at least 4 members (excludes halogenated alkanes) is 39. The van der Waals surface area contributed by atoms with Gasteiger partial charge in [-0.25, -0.2) is 9.13 Å². The fourth-order valence-corrected chi connectivity index (χ4v) is 13.0. The summed E-state index contributed by atoms with van der Waals surface area (Å²) in [5, 5.41) is 10.6. The van der Waals surface area contributed by atoms with E-state index in [0.29, 0.717) is 31.6 Å². The molecule has 0 saturated heterocycles. The molecule has 0 saturated carbocycles. The van der Waals surface area contributed by atoms with Crippen molar-refractivity contribution in [1.82, 2.24) is 0 Å². The number of phosphoric acid groups is 2. The van der Waals surface area contributed by atoms with Crippen LogP contribution in [0.3, 0.4) is 0 Å². The smallest absolute Gasteiger partial charge is 0.462 e. The predicted molar refractivity (Wildman–Crippen MR) is 395 cm³/mol. The summed E-state index contributed by atoms with van der Waals surface area (Å²) in [5.74, 6) is 0.104. The largest absolute Gasteiger partial charge is 0.472 e. The molecule has 2 unspecified atom stereocenters. The van der Waals surface area contributed by atoms with Crippen LogP contribution in [0, 0.1) is 17.8 Å². The second kappa shape index (κ2) is 68.0. The summed E-state index contributed by atoms with van der Waals surface area (Å²) in [7, 11) is -9.93. The third-order valence-electron chi connectivity index (χ3n) is 17.5. The number of phosphoric ester groups is 2. The van der Waals surface area contributed by atoms with Crippen LogP contribution in [0.25, 0.3) is 0 Å². The summed E-state index contributed by atoms with van der Waals surface area (Å²) in [6.45, 7) is 11.8. The first kappa shape index (κ1) is 94.5. The van der Waals surface area contributed by atoms with Gasteiger partial charge >= 0.3 is 39.5 Å². The van der Waals surface area contributed by atoms with Crippen molar-refractivity contribution in [2.45, 2.75) is 394 Å². The molecule has 3 N–H and O–H groups in total. The van der Waals surface area contributed by atoms with Crippen LogP contribution in [0.5, 0.6) is 0 Å². The van der Waals surface area contributed by atoms with Crippen molar-refractivity contribution in [2.24, 2.45) is 17.8 Å². The summed E-state index contributed by atoms with van der Waals surface area (Å²) >= 11 is 0. The minimum atomic E-state index is -4.97. The van der Waals surface area contributed by atoms with Gasteiger partial charge in [0.25, 0.3) is 0 Å². The van der Waals surface area contributed by atoms with Gasteiger partial charge in [-0.3, -0.25) is 37.3 Å². The van der Waals surface area contributed by atoms with Crippen molar-refractivity contribution in [1.29, 1.82) is 0 Å². The van der Waals surface area contributed by atoms with E-state index in [4.69, 9.17) is 37.0 Å². The van der Waals surface area contributed by atoms with E-state index in [0.717, 1.165) is 121 Å². The minimum Gasteiger partial charge on any atom is -0.462 e. The molecule has 19 heteroatoms. The zero-order valence-corrected chi connectivity index (χ0v) is 64.8. The number of ether oxygens (including phenoxy) is 4. The van der Waals surface area contributed by atoms with Gasteiger partial charge in [0.1, 0.15) is 19.3 Å². The monoisotopic (exact) mass is 1420 g/mol. The van der Waals surface area contributed by atoms with Crippen molar-refractivity contribution in [3.63, 3.8) is 0 Å². The van der Waals surface area contributed by atoms with Crippen LogP contribution < -0.4 is 0 Å². The van der Waals surface area contributed by atoms with Crippen LogP contribution in [0.4, 0.5) is 0 Å². The lowest BCUT2D eigenvalue weighted by molar-refractivity contribution is -0.161. The van der Waals surface area contributed by atoms with Crippen molar-refractivity contribution in [3.8, 4) is 0 Å². The zero-order chi connectivity index (χ0) is 71.6. The normalized spacial score (nSPS) is 14.2. The molecule has 0 aliphatic heterocycles. The number of aliphatic hydroxyl groups is 1. The summed E-state index contributed by atoms with van der Waals surface area (Å²) < 4.78 is 68.5. The van der Waals surface area contributed by atoms with E-state index in [1.807, 2.05) is 0 Å². The van der Waals surface area contributed by atoms with Crippen molar-refractivity contribution in [3.05, 3.63) is 24.3 Å². The molecule has 572 valence electrons. The summed E-state index contributed by atoms with van der Waals surface area (Å²) in [6, 6.07) is 0. The summed E-state index contributed by atoms with van der Waals surface area (Å²) in [4.78, 5) is 72.8. The number of aliphatic hydroxyl groups excluding tert-OH is 1. The van der Waals surface area contributed by atoms with E-state index in [1.165, 1.54) is 167 Å². The number of hydrogen-bond donors (Lipinski definition) is 3. The molecule has 0 amide bonds. The Morgan fingerprint density at radius 3 is 0.835 bits per heavy atom. The third kappa shape index (κ3) is 71.7. The van der Waals surface area contributed by atoms with Gasteiger partial charge in [-0.05, 0) is 69.1 Å². The highest BCUT2D eigenvalue weighted by atomic mass is 31.2. The van der Waals surface area contributed by atoms with Gasteiger partial charge < -0.3 is 33.8 Å². The Morgan fingerprint density at radius 2 is 0.557 bits per heavy atom. The second-order valence-electron chi connectivity index (χ2n) is 28.8. The Morgan fingerprint density at radius 1 is 0.320 bits per heavy atom. The van der Waals surface area contributed by atoms with Gasteiger partial charge in [-0.1, -0.05) is 323 Å². The van der Waals surface area contributed by atoms with E-state index in [-0.39, 0.29) is 25.7 Å². The Kier molecular flexibility index (Phi) is 66.3. The minimum absolute atomic E-state index is 0.0850. The van der Waals surface area contributed by atoms with Gasteiger partial charge in [0.2, 0.25) is 0 Å². The number of hydrogen-bond acceptors (Lipinski definition) is 15. The first-order valence-corrected chi connectivity index (χ1v) is 42.7. The molecular formula is C78H148O17P2. The fraction of sp³-hybridized carbons (Fsp3) is 0.897. The fourth-order valence-electron chi connectivity index (χ4n) is 11.4. The van der Waals surface area contributed by atoms with Gasteiger partial charge in [0, 0.05) is 25.7 Å². The predicted octanol–water partition coefficient (Wildman–Crippen LogP) is 22.5. The highest BCUT2D eigenvalue weighted by Gasteiger charge is 2.30. The van der Waals surface area contributed by atoms with E-state index in [1.54, 1.807) is 0 Å². The van der Waals surface area contributed by atoms with E-state index >= 15 is 0 Å². The number of esters is 4. The molecule has 0 spiro atoms. The van der Waals surface area contributed by atoms with Crippen LogP contribution in [0.1, 0.15) is 376 Å². The van der Waals surface area contributed by atoms with Crippen LogP contribution in [0.15, 0.2) is 24.3 Å². The maximum absolute atomic E-state index is 13.1. The standard InChI is InChI=1S/C78H148O17P2/c1-8-9-10-11-12-13-14-15-18-23-28-33-38-47-54-61-77(82)94-73(65-88-75(80)59-52-45-37-32-27-22-20-17-16-19-21-25-30-35-42-49-56-69(2)3)67-92-96(84,85)90-63-72(79)64-91-97(86,87)93-68-74(66-89-76(81)60-53-46-41-40-44-51-58-71(6)7)95-78(83)62-55-48-39-34-29-24-26-31-36-43-50-57-70(4)5/h13-15,18,69-74,79H,8-12,16-17,19-68H2,1-7H3,(H,84,85)(H,86,87)/b14-13-,18-15-/t72-,73-,74-/m1/s1. The topological polar surface area (TPSA) is 237 Å². The average molecular weight is 1420 g/mol. The molecule has 0 bridgehead atoms. The highest BCUT2D eigenvalue weighted by Crippen LogP contribution is 2.45. The maximum Gasteiger partial charge on any atom is 0.472 e. The quantitative estimate of drug-likeness (QED) is 0.0169. The van der Waals surface area contributed by atoms with Gasteiger partial charge in [0.15, 0.2) is 12.2 Å². The Hall–Kier alpha value is -2.46. The number of allylic oxidation sites excluding steroid dienone is 4. The van der Waals surface area contributed by atoms with Gasteiger partial charge in [-0.15, -0.1) is 0 Å². The number of carbonyl (C=O) groups excluding carboxylic acids is 4. The van der Waals surface area contributed by atoms with Crippen molar-refractivity contribution in [2.75, 3.05) is 39.6 Å². The lowest BCUT2D eigenvalue weighted by Crippen LogP contribution is -2.30. The first-order chi connectivity index (χ1) is 46.7. The molecule has 0 aliphatic carbocycles. The molecule has 0 heterocycles. The lowest BCUT2D eigenvalue weighted by atomic mass is 10.0. The molecule has 0 aliphatic rings. The molecule has 0 aromatic carbocycles. The summed E-state index contributed by atoms with van der Waals surface area (Å²) in [5.41, 5.74) is 0. The van der Waals surface area contributed by atoms with E-state index in [9.17, 15) is 43.2 Å². The van der Waals surface area contributed by atoms with E-state index in [2.05, 4.69) is 72.8 Å². The van der Waals surface area contributed by atoms with Gasteiger partial charge in [-0.2, -0.15) is 0 Å². The SMILES string of the molecule is CCCCCC/C=C\C=C/CCCCCCCC(=O)O[C@H](COC(=O)CCCCCCCCCCCCCCCCCCC(C)C)COP(=O)(O)OC[C@@H](O)COP(=O)(O)OC[C@@H](COC(=O)CCCCCCCCC(C)C)OC(=O)CCCCCCCCCCCCCC(C)C. The molecule has 0 aromatic rings. The number of rotatable bonds is 74. The lowest BCUT2D eigenvalue weighted by Gasteiger charge is -2.21. The average Bonchev–Trinajstić information content (AvgIpc) is 1.47. The van der Waals surface area contributed by atoms with Crippen molar-refractivity contribution < 1.29 is 80.2 Å². The Balaban J connectivity index is 5.25. The molecule has 17 nitrogen and oxygen atoms in total. The molecular weight excluding hydrogens is 1270 g/mol. The van der Waals surface area contributed by atoms with Crippen LogP contribution in [-0.2, 0) is 65.4 Å². The molecule has 97 heavy (non-hydrogen) atoms. The van der Waals surface area contributed by atoms with Crippen LogP contribution in [0.2, 0.25) is 0 Å². The second-order valence-corrected chi connectivity index (χ2v) is 31.7. The highest BCUT2D eigenvalue weighted by molar-refractivity contribution is 7.47. The van der Waals surface area contributed by atoms with E-state index < -0.39 is 97.5 Å². The zero-order valence-electron chi connectivity index (χ0n) is 63.0.